The second-order valence-electron chi connectivity index (χ2n) is 4.43. The van der Waals surface area contributed by atoms with Gasteiger partial charge in [0.15, 0.2) is 0 Å². The lowest BCUT2D eigenvalue weighted by atomic mass is 10.3. The zero-order valence-electron chi connectivity index (χ0n) is 10.1. The molecule has 1 rings (SSSR count). The molecule has 0 N–H and O–H groups in total. The van der Waals surface area contributed by atoms with Gasteiger partial charge in [0.1, 0.15) is 5.75 Å². The van der Waals surface area contributed by atoms with Crippen LogP contribution < -0.4 is 4.74 Å². The van der Waals surface area contributed by atoms with Crippen LogP contribution in [0.2, 0.25) is 0 Å². The molecule has 1 aromatic rings. The van der Waals surface area contributed by atoms with Gasteiger partial charge in [-0.25, -0.2) is 0 Å². The van der Waals surface area contributed by atoms with Crippen molar-refractivity contribution in [2.24, 2.45) is 0 Å². The summed E-state index contributed by atoms with van der Waals surface area (Å²) < 4.78 is 5.68. The van der Waals surface area contributed by atoms with Crippen LogP contribution in [-0.4, -0.2) is 16.8 Å². The van der Waals surface area contributed by atoms with Crippen molar-refractivity contribution in [3.05, 3.63) is 26.7 Å². The quantitative estimate of drug-likeness (QED) is 0.474. The van der Waals surface area contributed by atoms with Crippen LogP contribution in [0.3, 0.4) is 0 Å². The molecule has 0 spiro atoms. The highest BCUT2D eigenvalue weighted by Crippen LogP contribution is 2.42. The molecule has 0 unspecified atom stereocenters. The fourth-order valence-electron chi connectivity index (χ4n) is 1.23. The molecule has 0 amide bonds. The number of nitrogens with zero attached hydrogens (tertiary/aromatic N) is 1. The summed E-state index contributed by atoms with van der Waals surface area (Å²) in [6.07, 6.45) is 0. The highest BCUT2D eigenvalue weighted by molar-refractivity contribution is 9.10. The van der Waals surface area contributed by atoms with E-state index in [2.05, 4.69) is 36.7 Å². The summed E-state index contributed by atoms with van der Waals surface area (Å²) >= 11 is 4.82. The smallest absolute Gasteiger partial charge is 0.287 e. The lowest BCUT2D eigenvalue weighted by Crippen LogP contribution is -2.07. The summed E-state index contributed by atoms with van der Waals surface area (Å²) in [6, 6.07) is 3.17. The SMILES string of the molecule is COc1cc([N+](=O)[O-])c(Br)cc1SC(C)(C)C. The number of benzene rings is 1. The lowest BCUT2D eigenvalue weighted by Gasteiger charge is -2.19. The van der Waals surface area contributed by atoms with E-state index in [4.69, 9.17) is 4.74 Å². The molecular weight excluding hydrogens is 306 g/mol. The number of rotatable bonds is 3. The van der Waals surface area contributed by atoms with Gasteiger partial charge in [0.2, 0.25) is 0 Å². The highest BCUT2D eigenvalue weighted by atomic mass is 79.9. The van der Waals surface area contributed by atoms with Crippen molar-refractivity contribution < 1.29 is 9.66 Å². The Morgan fingerprint density at radius 1 is 1.41 bits per heavy atom. The first-order valence-electron chi connectivity index (χ1n) is 4.95. The number of thioether (sulfide) groups is 1. The number of ether oxygens (including phenoxy) is 1. The van der Waals surface area contributed by atoms with Crippen molar-refractivity contribution >= 4 is 33.4 Å². The lowest BCUT2D eigenvalue weighted by molar-refractivity contribution is -0.385. The van der Waals surface area contributed by atoms with Crippen LogP contribution in [0, 0.1) is 10.1 Å². The molecule has 0 aliphatic heterocycles. The van der Waals surface area contributed by atoms with Gasteiger partial charge in [-0.1, -0.05) is 20.8 Å². The van der Waals surface area contributed by atoms with E-state index in [9.17, 15) is 10.1 Å². The zero-order chi connectivity index (χ0) is 13.2. The van der Waals surface area contributed by atoms with E-state index in [-0.39, 0.29) is 10.4 Å². The van der Waals surface area contributed by atoms with Crippen molar-refractivity contribution in [1.82, 2.24) is 0 Å². The van der Waals surface area contributed by atoms with Crippen LogP contribution in [-0.2, 0) is 0 Å². The van der Waals surface area contributed by atoms with E-state index in [1.807, 2.05) is 0 Å². The Hall–Kier alpha value is -0.750. The summed E-state index contributed by atoms with van der Waals surface area (Å²) in [5, 5.41) is 10.8. The number of halogens is 1. The van der Waals surface area contributed by atoms with E-state index in [1.54, 1.807) is 17.8 Å². The number of methoxy groups -OCH3 is 1. The van der Waals surface area contributed by atoms with Gasteiger partial charge in [0.25, 0.3) is 5.69 Å². The average molecular weight is 320 g/mol. The van der Waals surface area contributed by atoms with Crippen LogP contribution in [0.25, 0.3) is 0 Å². The zero-order valence-corrected chi connectivity index (χ0v) is 12.5. The number of nitro groups is 1. The van der Waals surface area contributed by atoms with Crippen LogP contribution in [0.15, 0.2) is 21.5 Å². The van der Waals surface area contributed by atoms with Crippen molar-refractivity contribution in [3.63, 3.8) is 0 Å². The summed E-state index contributed by atoms with van der Waals surface area (Å²) in [6.45, 7) is 6.23. The maximum Gasteiger partial charge on any atom is 0.287 e. The van der Waals surface area contributed by atoms with Crippen LogP contribution in [0.4, 0.5) is 5.69 Å². The molecule has 17 heavy (non-hydrogen) atoms. The largest absolute Gasteiger partial charge is 0.495 e. The first-order valence-corrected chi connectivity index (χ1v) is 6.56. The van der Waals surface area contributed by atoms with Gasteiger partial charge in [-0.3, -0.25) is 10.1 Å². The summed E-state index contributed by atoms with van der Waals surface area (Å²) in [5.41, 5.74) is 0.0140. The van der Waals surface area contributed by atoms with E-state index < -0.39 is 4.92 Å². The Labute approximate surface area is 113 Å². The Morgan fingerprint density at radius 3 is 2.41 bits per heavy atom. The predicted molar refractivity (Wildman–Crippen MR) is 73.0 cm³/mol. The van der Waals surface area contributed by atoms with Gasteiger partial charge >= 0.3 is 0 Å². The summed E-state index contributed by atoms with van der Waals surface area (Å²) in [7, 11) is 1.51. The Balaban J connectivity index is 3.24. The molecule has 0 aliphatic carbocycles. The van der Waals surface area contributed by atoms with Gasteiger partial charge in [-0.2, -0.15) is 0 Å². The predicted octanol–water partition coefficient (Wildman–Crippen LogP) is 4.26. The normalized spacial score (nSPS) is 11.4. The molecule has 0 saturated carbocycles. The maximum atomic E-state index is 10.8. The van der Waals surface area contributed by atoms with Crippen molar-refractivity contribution in [2.45, 2.75) is 30.4 Å². The summed E-state index contributed by atoms with van der Waals surface area (Å²) in [4.78, 5) is 11.3. The van der Waals surface area contributed by atoms with E-state index in [1.165, 1.54) is 13.2 Å². The molecule has 0 aromatic heterocycles. The third-order valence-corrected chi connectivity index (χ3v) is 3.63. The highest BCUT2D eigenvalue weighted by Gasteiger charge is 2.21. The minimum absolute atomic E-state index is 0.0140. The second kappa shape index (κ2) is 5.27. The standard InChI is InChI=1S/C11H14BrNO3S/c1-11(2,3)17-10-5-7(12)8(13(14)15)6-9(10)16-4/h5-6H,1-4H3. The Morgan fingerprint density at radius 2 is 2.00 bits per heavy atom. The maximum absolute atomic E-state index is 10.8. The number of hydrogen-bond donors (Lipinski definition) is 0. The van der Waals surface area contributed by atoms with Gasteiger partial charge in [0.05, 0.1) is 27.5 Å². The Bertz CT molecular complexity index is 443. The van der Waals surface area contributed by atoms with E-state index >= 15 is 0 Å². The topological polar surface area (TPSA) is 52.4 Å². The third kappa shape index (κ3) is 3.89. The van der Waals surface area contributed by atoms with E-state index in [0.717, 1.165) is 4.90 Å². The van der Waals surface area contributed by atoms with Crippen LogP contribution in [0.5, 0.6) is 5.75 Å². The first kappa shape index (κ1) is 14.3. The van der Waals surface area contributed by atoms with Gasteiger partial charge in [-0.15, -0.1) is 11.8 Å². The number of nitro benzene ring substituents is 1. The molecule has 0 radical (unpaired) electrons. The molecule has 0 atom stereocenters. The van der Waals surface area contributed by atoms with Crippen LogP contribution >= 0.6 is 27.7 Å². The summed E-state index contributed by atoms with van der Waals surface area (Å²) in [5.74, 6) is 0.528. The molecule has 0 fully saturated rings. The molecule has 1 aromatic carbocycles. The minimum atomic E-state index is -0.432. The number of hydrogen-bond acceptors (Lipinski definition) is 4. The van der Waals surface area contributed by atoms with Gasteiger partial charge < -0.3 is 4.74 Å². The van der Waals surface area contributed by atoms with Gasteiger partial charge in [0, 0.05) is 4.75 Å². The average Bonchev–Trinajstić information content (AvgIpc) is 2.14. The first-order chi connectivity index (χ1) is 7.74. The van der Waals surface area contributed by atoms with Crippen molar-refractivity contribution in [2.75, 3.05) is 7.11 Å². The fraction of sp³-hybridized carbons (Fsp3) is 0.455. The third-order valence-electron chi connectivity index (χ3n) is 1.85. The van der Waals surface area contributed by atoms with Crippen molar-refractivity contribution in [3.8, 4) is 5.75 Å². The minimum Gasteiger partial charge on any atom is -0.495 e. The molecule has 6 heteroatoms. The molecule has 4 nitrogen and oxygen atoms in total. The molecule has 0 aliphatic rings. The molecule has 0 bridgehead atoms. The molecular formula is C11H14BrNO3S. The molecule has 0 heterocycles. The molecule has 94 valence electrons. The fourth-order valence-corrected chi connectivity index (χ4v) is 2.95. The van der Waals surface area contributed by atoms with Crippen molar-refractivity contribution in [1.29, 1.82) is 0 Å². The van der Waals surface area contributed by atoms with Gasteiger partial charge in [-0.05, 0) is 22.0 Å². The Kier molecular flexibility index (Phi) is 4.43. The molecule has 0 saturated heterocycles. The van der Waals surface area contributed by atoms with Crippen LogP contribution in [0.1, 0.15) is 20.8 Å². The second-order valence-corrected chi connectivity index (χ2v) is 7.15. The van der Waals surface area contributed by atoms with E-state index in [0.29, 0.717) is 10.2 Å². The monoisotopic (exact) mass is 319 g/mol.